The number of esters is 1. The van der Waals surface area contributed by atoms with Crippen LogP contribution in [0.15, 0.2) is 76.7 Å². The molecule has 1 aromatic heterocycles. The normalized spacial score (nSPS) is 14.9. The number of carbonyl (C=O) groups is 3. The van der Waals surface area contributed by atoms with Gasteiger partial charge < -0.3 is 9.15 Å². The zero-order chi connectivity index (χ0) is 22.0. The van der Waals surface area contributed by atoms with Crippen molar-refractivity contribution >= 4 is 29.5 Å². The fourth-order valence-electron chi connectivity index (χ4n) is 3.10. The van der Waals surface area contributed by atoms with E-state index in [0.29, 0.717) is 22.8 Å². The van der Waals surface area contributed by atoms with Crippen LogP contribution in [-0.2, 0) is 14.3 Å². The number of nitrogens with one attached hydrogen (secondary N) is 1. The van der Waals surface area contributed by atoms with Crippen LogP contribution in [0.1, 0.15) is 30.0 Å². The summed E-state index contributed by atoms with van der Waals surface area (Å²) in [7, 11) is 0. The molecule has 3 aromatic rings. The van der Waals surface area contributed by atoms with Crippen molar-refractivity contribution in [1.82, 2.24) is 5.43 Å². The molecule has 2 aromatic carbocycles. The van der Waals surface area contributed by atoms with Gasteiger partial charge in [0, 0.05) is 5.56 Å². The quantitative estimate of drug-likeness (QED) is 0.386. The van der Waals surface area contributed by atoms with Gasteiger partial charge in [-0.25, -0.2) is 9.80 Å². The summed E-state index contributed by atoms with van der Waals surface area (Å²) >= 11 is 0. The molecule has 0 bridgehead atoms. The number of benzene rings is 2. The molecule has 1 aliphatic rings. The van der Waals surface area contributed by atoms with Gasteiger partial charge >= 0.3 is 5.97 Å². The average molecular weight is 416 g/mol. The van der Waals surface area contributed by atoms with Crippen molar-refractivity contribution < 1.29 is 23.5 Å². The van der Waals surface area contributed by atoms with Crippen LogP contribution in [0.25, 0.3) is 17.4 Å². The number of furan rings is 1. The van der Waals surface area contributed by atoms with Gasteiger partial charge in [0.05, 0.1) is 17.4 Å². The highest BCUT2D eigenvalue weighted by atomic mass is 16.5. The molecule has 1 aliphatic heterocycles. The second-order valence-corrected chi connectivity index (χ2v) is 7.21. The molecule has 1 saturated heterocycles. The van der Waals surface area contributed by atoms with Crippen LogP contribution >= 0.6 is 0 Å². The molecule has 0 atom stereocenters. The predicted molar refractivity (Wildman–Crippen MR) is 115 cm³/mol. The lowest BCUT2D eigenvalue weighted by Gasteiger charge is -2.13. The van der Waals surface area contributed by atoms with E-state index in [1.54, 1.807) is 74.5 Å². The molecule has 2 heterocycles. The number of carbonyl (C=O) groups excluding carboxylic acids is 3. The standard InChI is InChI=1S/C24H20N2O5/c1-15(2)30-24(29)17-10-8-16(9-11-17)21-13-12-19(31-21)14-20-22(27)25-26(23(20)28)18-6-4-3-5-7-18/h3-15H,1-2H3,(H,25,27)/b20-14+. The maximum absolute atomic E-state index is 12.7. The van der Waals surface area contributed by atoms with Crippen LogP contribution in [0.3, 0.4) is 0 Å². The van der Waals surface area contributed by atoms with Crippen molar-refractivity contribution in [2.24, 2.45) is 0 Å². The fraction of sp³-hybridized carbons (Fsp3) is 0.125. The Kier molecular flexibility index (Phi) is 5.41. The zero-order valence-electron chi connectivity index (χ0n) is 17.0. The molecule has 7 heteroatoms. The first-order valence-electron chi connectivity index (χ1n) is 9.76. The Morgan fingerprint density at radius 1 is 1.00 bits per heavy atom. The van der Waals surface area contributed by atoms with Gasteiger partial charge in [0.25, 0.3) is 11.8 Å². The third-order valence-corrected chi connectivity index (χ3v) is 4.57. The number of nitrogens with zero attached hydrogens (tertiary/aromatic N) is 1. The molecule has 0 radical (unpaired) electrons. The number of hydrogen-bond acceptors (Lipinski definition) is 5. The first-order valence-corrected chi connectivity index (χ1v) is 9.76. The Labute approximate surface area is 178 Å². The molecular weight excluding hydrogens is 396 g/mol. The van der Waals surface area contributed by atoms with E-state index in [4.69, 9.17) is 9.15 Å². The van der Waals surface area contributed by atoms with E-state index < -0.39 is 11.8 Å². The maximum Gasteiger partial charge on any atom is 0.338 e. The van der Waals surface area contributed by atoms with Gasteiger partial charge in [-0.2, -0.15) is 0 Å². The molecule has 2 amide bonds. The SMILES string of the molecule is CC(C)OC(=O)c1ccc(-c2ccc(/C=C3\C(=O)NN(c4ccccc4)C3=O)o2)cc1. The third kappa shape index (κ3) is 4.25. The van der Waals surface area contributed by atoms with Crippen molar-refractivity contribution in [2.45, 2.75) is 20.0 Å². The zero-order valence-corrected chi connectivity index (χ0v) is 17.0. The fourth-order valence-corrected chi connectivity index (χ4v) is 3.10. The molecule has 1 fully saturated rings. The lowest BCUT2D eigenvalue weighted by molar-refractivity contribution is -0.117. The van der Waals surface area contributed by atoms with Crippen molar-refractivity contribution in [3.05, 3.63) is 83.6 Å². The summed E-state index contributed by atoms with van der Waals surface area (Å²) in [6.07, 6.45) is 1.22. The monoisotopic (exact) mass is 416 g/mol. The Morgan fingerprint density at radius 2 is 1.71 bits per heavy atom. The number of amides is 2. The summed E-state index contributed by atoms with van der Waals surface area (Å²) in [4.78, 5) is 36.9. The lowest BCUT2D eigenvalue weighted by Crippen LogP contribution is -2.35. The number of para-hydroxylation sites is 1. The van der Waals surface area contributed by atoms with Crippen LogP contribution in [0.4, 0.5) is 5.69 Å². The first kappa shape index (κ1) is 20.2. The van der Waals surface area contributed by atoms with Crippen LogP contribution in [0.2, 0.25) is 0 Å². The minimum absolute atomic E-state index is 0.0171. The Morgan fingerprint density at radius 3 is 2.39 bits per heavy atom. The van der Waals surface area contributed by atoms with Crippen LogP contribution in [0.5, 0.6) is 0 Å². The van der Waals surface area contributed by atoms with Gasteiger partial charge in [0.15, 0.2) is 0 Å². The molecule has 1 N–H and O–H groups in total. The topological polar surface area (TPSA) is 88.9 Å². The third-order valence-electron chi connectivity index (χ3n) is 4.57. The number of hydrogen-bond donors (Lipinski definition) is 1. The summed E-state index contributed by atoms with van der Waals surface area (Å²) in [6.45, 7) is 3.58. The second kappa shape index (κ2) is 8.31. The van der Waals surface area contributed by atoms with Crippen LogP contribution < -0.4 is 10.4 Å². The van der Waals surface area contributed by atoms with E-state index in [2.05, 4.69) is 5.43 Å². The largest absolute Gasteiger partial charge is 0.459 e. The van der Waals surface area contributed by atoms with E-state index in [0.717, 1.165) is 5.56 Å². The minimum atomic E-state index is -0.500. The number of anilines is 1. The Balaban J connectivity index is 1.52. The van der Waals surface area contributed by atoms with Crippen molar-refractivity contribution in [3.63, 3.8) is 0 Å². The number of ether oxygens (including phenoxy) is 1. The summed E-state index contributed by atoms with van der Waals surface area (Å²) in [6, 6.07) is 19.1. The first-order chi connectivity index (χ1) is 14.9. The summed E-state index contributed by atoms with van der Waals surface area (Å²) in [5, 5.41) is 1.20. The summed E-state index contributed by atoms with van der Waals surface area (Å²) in [5.41, 5.74) is 4.30. The average Bonchev–Trinajstić information content (AvgIpc) is 3.34. The van der Waals surface area contributed by atoms with E-state index in [-0.39, 0.29) is 17.6 Å². The van der Waals surface area contributed by atoms with E-state index >= 15 is 0 Å². The number of rotatable bonds is 5. The summed E-state index contributed by atoms with van der Waals surface area (Å²) < 4.78 is 11.0. The Hall–Kier alpha value is -4.13. The number of hydrazine groups is 1. The molecular formula is C24H20N2O5. The highest BCUT2D eigenvalue weighted by Crippen LogP contribution is 2.26. The van der Waals surface area contributed by atoms with Crippen molar-refractivity contribution in [1.29, 1.82) is 0 Å². The molecule has 31 heavy (non-hydrogen) atoms. The molecule has 156 valence electrons. The smallest absolute Gasteiger partial charge is 0.338 e. The predicted octanol–water partition coefficient (Wildman–Crippen LogP) is 3.97. The van der Waals surface area contributed by atoms with E-state index in [1.165, 1.54) is 11.1 Å². The van der Waals surface area contributed by atoms with Crippen LogP contribution in [0, 0.1) is 0 Å². The lowest BCUT2D eigenvalue weighted by atomic mass is 10.1. The van der Waals surface area contributed by atoms with E-state index in [1.807, 2.05) is 6.07 Å². The summed E-state index contributed by atoms with van der Waals surface area (Å²) in [5.74, 6) is -0.435. The van der Waals surface area contributed by atoms with Gasteiger partial charge in [0.1, 0.15) is 17.1 Å². The van der Waals surface area contributed by atoms with Gasteiger partial charge in [-0.15, -0.1) is 0 Å². The van der Waals surface area contributed by atoms with E-state index in [9.17, 15) is 14.4 Å². The maximum atomic E-state index is 12.7. The minimum Gasteiger partial charge on any atom is -0.459 e. The molecule has 4 rings (SSSR count). The highest BCUT2D eigenvalue weighted by molar-refractivity contribution is 6.31. The molecule has 0 spiro atoms. The Bertz CT molecular complexity index is 1160. The van der Waals surface area contributed by atoms with Crippen molar-refractivity contribution in [3.8, 4) is 11.3 Å². The van der Waals surface area contributed by atoms with Gasteiger partial charge in [-0.1, -0.05) is 30.3 Å². The van der Waals surface area contributed by atoms with Gasteiger partial charge in [0.2, 0.25) is 0 Å². The molecule has 0 aliphatic carbocycles. The van der Waals surface area contributed by atoms with Crippen LogP contribution in [-0.4, -0.2) is 23.9 Å². The van der Waals surface area contributed by atoms with Gasteiger partial charge in [-0.05, 0) is 56.3 Å². The molecule has 0 saturated carbocycles. The molecule has 0 unspecified atom stereocenters. The second-order valence-electron chi connectivity index (χ2n) is 7.21. The van der Waals surface area contributed by atoms with Gasteiger partial charge in [-0.3, -0.25) is 15.0 Å². The highest BCUT2D eigenvalue weighted by Gasteiger charge is 2.34. The van der Waals surface area contributed by atoms with Crippen molar-refractivity contribution in [2.75, 3.05) is 5.01 Å². The molecule has 7 nitrogen and oxygen atoms in total.